The van der Waals surface area contributed by atoms with Crippen molar-refractivity contribution in [1.29, 1.82) is 0 Å². The number of rotatable bonds is 17. The van der Waals surface area contributed by atoms with E-state index in [2.05, 4.69) is 31.2 Å². The van der Waals surface area contributed by atoms with Crippen LogP contribution >= 0.6 is 0 Å². The summed E-state index contributed by atoms with van der Waals surface area (Å²) in [6.45, 7) is 6.88. The lowest BCUT2D eigenvalue weighted by Gasteiger charge is -2.62. The third-order valence-electron chi connectivity index (χ3n) is 12.3. The number of alkyl halides is 1. The van der Waals surface area contributed by atoms with E-state index in [0.29, 0.717) is 31.3 Å². The second-order valence-corrected chi connectivity index (χ2v) is 15.2. The van der Waals surface area contributed by atoms with E-state index in [1.54, 1.807) is 13.0 Å². The van der Waals surface area contributed by atoms with Gasteiger partial charge in [0.15, 0.2) is 17.1 Å². The average molecular weight is 655 g/mol. The van der Waals surface area contributed by atoms with Crippen molar-refractivity contribution in [2.75, 3.05) is 6.61 Å². The molecule has 8 atom stereocenters. The van der Waals surface area contributed by atoms with Gasteiger partial charge in [-0.05, 0) is 89.2 Å². The average Bonchev–Trinajstić information content (AvgIpc) is 3.25. The summed E-state index contributed by atoms with van der Waals surface area (Å²) in [6, 6.07) is 0. The number of aliphatic hydroxyl groups excluding tert-OH is 2. The zero-order valence-electron chi connectivity index (χ0n) is 29.3. The predicted octanol–water partition coefficient (Wildman–Crippen LogP) is 8.26. The largest absolute Gasteiger partial charge is 0.450 e. The first-order chi connectivity index (χ1) is 22.4. The molecule has 6 nitrogen and oxygen atoms in total. The van der Waals surface area contributed by atoms with Crippen LogP contribution in [-0.2, 0) is 19.1 Å². The fourth-order valence-corrected chi connectivity index (χ4v) is 9.83. The van der Waals surface area contributed by atoms with Crippen LogP contribution in [-0.4, -0.2) is 51.7 Å². The second-order valence-electron chi connectivity index (χ2n) is 15.2. The minimum Gasteiger partial charge on any atom is -0.450 e. The molecule has 0 radical (unpaired) electrons. The zero-order valence-corrected chi connectivity index (χ0v) is 29.3. The summed E-state index contributed by atoms with van der Waals surface area (Å²) in [5.74, 6) is -2.64. The molecule has 7 heteroatoms. The number of esters is 1. The molecule has 3 saturated carbocycles. The van der Waals surface area contributed by atoms with Crippen LogP contribution in [0.4, 0.5) is 4.39 Å². The van der Waals surface area contributed by atoms with Crippen LogP contribution in [0.3, 0.4) is 0 Å². The highest BCUT2D eigenvalue weighted by Gasteiger charge is 2.77. The number of fused-ring (bicyclic) bond motifs is 5. The van der Waals surface area contributed by atoms with Crippen molar-refractivity contribution in [1.82, 2.24) is 0 Å². The molecule has 0 saturated heterocycles. The number of ether oxygens (including phenoxy) is 1. The minimum absolute atomic E-state index is 0.0810. The number of Topliss-reactive ketones (excluding diaryl/α,β-unsaturated/α-hetero) is 1. The number of aliphatic hydroxyl groups is 2. The van der Waals surface area contributed by atoms with E-state index >= 15 is 4.39 Å². The number of carbonyl (C=O) groups is 3. The van der Waals surface area contributed by atoms with E-state index in [4.69, 9.17) is 4.74 Å². The Labute approximate surface area is 282 Å². The summed E-state index contributed by atoms with van der Waals surface area (Å²) < 4.78 is 23.7. The molecule has 3 fully saturated rings. The summed E-state index contributed by atoms with van der Waals surface area (Å²) in [4.78, 5) is 39.2. The lowest BCUT2D eigenvalue weighted by Crippen LogP contribution is -2.70. The maximum atomic E-state index is 17.5. The third-order valence-corrected chi connectivity index (χ3v) is 12.3. The number of carbonyl (C=O) groups excluding carboxylic acids is 3. The third kappa shape index (κ3) is 7.04. The smallest absolute Gasteiger partial charge is 0.306 e. The topological polar surface area (TPSA) is 101 Å². The van der Waals surface area contributed by atoms with Gasteiger partial charge in [0, 0.05) is 29.1 Å². The van der Waals surface area contributed by atoms with Crippen molar-refractivity contribution >= 4 is 17.5 Å². The summed E-state index contributed by atoms with van der Waals surface area (Å²) >= 11 is 0. The van der Waals surface area contributed by atoms with Crippen LogP contribution in [0.1, 0.15) is 130 Å². The normalized spacial score (nSPS) is 36.3. The van der Waals surface area contributed by atoms with Gasteiger partial charge in [0.05, 0.1) is 6.10 Å². The van der Waals surface area contributed by atoms with Gasteiger partial charge in [-0.2, -0.15) is 0 Å². The van der Waals surface area contributed by atoms with E-state index in [0.717, 1.165) is 44.9 Å². The molecule has 0 heterocycles. The maximum Gasteiger partial charge on any atom is 0.306 e. The molecule has 0 unspecified atom stereocenters. The first-order valence-corrected chi connectivity index (χ1v) is 18.4. The molecule has 4 rings (SSSR count). The molecule has 0 aromatic rings. The van der Waals surface area contributed by atoms with Gasteiger partial charge < -0.3 is 14.9 Å². The van der Waals surface area contributed by atoms with E-state index in [1.807, 2.05) is 13.8 Å². The number of hydrogen-bond donors (Lipinski definition) is 2. The molecule has 0 bridgehead atoms. The van der Waals surface area contributed by atoms with Gasteiger partial charge in [0.25, 0.3) is 0 Å². The standard InChI is InChI=1S/C40H59FO6/c1-5-6-7-8-9-10-11-12-13-14-15-16-17-18-19-20-36(46)47-40(35(45)28-42)29(2)25-33-32-22-21-30-26-31(43)23-24-37(30,3)39(32,41)34(44)27-38(33,40)4/h9-10,12-13,23-24,26,29,32-34,42,44H,5-8,11,14-22,25,27-28H2,1-4H3/b10-9-,13-12-/t29-,32+,33+,34+,37+,38+,39+,40+/m1/s1. The zero-order chi connectivity index (χ0) is 34.3. The highest BCUT2D eigenvalue weighted by Crippen LogP contribution is 2.71. The van der Waals surface area contributed by atoms with Gasteiger partial charge in [0.2, 0.25) is 5.78 Å². The molecular formula is C40H59FO6. The highest BCUT2D eigenvalue weighted by atomic mass is 19.1. The minimum atomic E-state index is -2.04. The van der Waals surface area contributed by atoms with Crippen LogP contribution in [0, 0.1) is 28.6 Å². The molecule has 262 valence electrons. The fourth-order valence-electron chi connectivity index (χ4n) is 9.83. The van der Waals surface area contributed by atoms with E-state index < -0.39 is 58.4 Å². The summed E-state index contributed by atoms with van der Waals surface area (Å²) in [5.41, 5.74) is -5.18. The van der Waals surface area contributed by atoms with Crippen molar-refractivity contribution in [2.24, 2.45) is 28.6 Å². The van der Waals surface area contributed by atoms with E-state index in [1.165, 1.54) is 31.4 Å². The van der Waals surface area contributed by atoms with Crippen LogP contribution < -0.4 is 0 Å². The maximum absolute atomic E-state index is 17.5. The van der Waals surface area contributed by atoms with Gasteiger partial charge in [0.1, 0.15) is 6.61 Å². The molecule has 47 heavy (non-hydrogen) atoms. The predicted molar refractivity (Wildman–Crippen MR) is 183 cm³/mol. The molecule has 0 amide bonds. The van der Waals surface area contributed by atoms with Crippen LogP contribution in [0.25, 0.3) is 0 Å². The molecule has 4 aliphatic rings. The molecule has 0 aromatic carbocycles. The van der Waals surface area contributed by atoms with E-state index in [-0.39, 0.29) is 24.5 Å². The van der Waals surface area contributed by atoms with Gasteiger partial charge in [-0.25, -0.2) is 4.39 Å². The van der Waals surface area contributed by atoms with E-state index in [9.17, 15) is 24.6 Å². The molecule has 2 N–H and O–H groups in total. The Bertz CT molecular complexity index is 1250. The van der Waals surface area contributed by atoms with Crippen LogP contribution in [0.2, 0.25) is 0 Å². The summed E-state index contributed by atoms with van der Waals surface area (Å²) in [6.07, 6.45) is 25.2. The van der Waals surface area contributed by atoms with Crippen molar-refractivity contribution in [3.8, 4) is 0 Å². The SMILES string of the molecule is CCCCC/C=C\C/C=C\CCCCCCCC(=O)O[C@]1(C(=O)CO)[C@H](C)C[C@H]2[C@@H]3CCC4=CC(=O)C=C[C@]4(C)[C@@]3(F)[C@@H](O)C[C@@]21C. The Hall–Kier alpha value is -2.38. The molecule has 0 aliphatic heterocycles. The molecule has 4 aliphatic carbocycles. The summed E-state index contributed by atoms with van der Waals surface area (Å²) in [5, 5.41) is 21.8. The first kappa shape index (κ1) is 37.4. The van der Waals surface area contributed by atoms with Crippen LogP contribution in [0.5, 0.6) is 0 Å². The number of hydrogen-bond acceptors (Lipinski definition) is 6. The summed E-state index contributed by atoms with van der Waals surface area (Å²) in [7, 11) is 0. The number of unbranched alkanes of at least 4 members (excludes halogenated alkanes) is 8. The lowest BCUT2D eigenvalue weighted by molar-refractivity contribution is -0.228. The quantitative estimate of drug-likeness (QED) is 0.0931. The Morgan fingerprint density at radius 3 is 2.34 bits per heavy atom. The van der Waals surface area contributed by atoms with Gasteiger partial charge in [-0.1, -0.05) is 88.8 Å². The fraction of sp³-hybridized carbons (Fsp3) is 0.725. The lowest BCUT2D eigenvalue weighted by atomic mass is 9.44. The van der Waals surface area contributed by atoms with Crippen molar-refractivity contribution in [3.05, 3.63) is 48.1 Å². The molecule has 0 aromatic heterocycles. The van der Waals surface area contributed by atoms with Crippen molar-refractivity contribution in [2.45, 2.75) is 148 Å². The first-order valence-electron chi connectivity index (χ1n) is 18.4. The van der Waals surface area contributed by atoms with Gasteiger partial charge >= 0.3 is 5.97 Å². The van der Waals surface area contributed by atoms with Gasteiger partial charge in [-0.15, -0.1) is 0 Å². The molecular weight excluding hydrogens is 595 g/mol. The Morgan fingerprint density at radius 1 is 1.00 bits per heavy atom. The van der Waals surface area contributed by atoms with Crippen molar-refractivity contribution in [3.63, 3.8) is 0 Å². The van der Waals surface area contributed by atoms with Crippen LogP contribution in [0.15, 0.2) is 48.1 Å². The molecule has 0 spiro atoms. The van der Waals surface area contributed by atoms with Gasteiger partial charge in [-0.3, -0.25) is 14.4 Å². The Morgan fingerprint density at radius 2 is 1.66 bits per heavy atom. The number of halogens is 1. The number of allylic oxidation sites excluding steroid dienone is 8. The Kier molecular flexibility index (Phi) is 12.7. The monoisotopic (exact) mass is 654 g/mol. The number of ketones is 2. The second kappa shape index (κ2) is 15.9. The Balaban J connectivity index is 1.33. The van der Waals surface area contributed by atoms with Crippen molar-refractivity contribution < 1.29 is 33.7 Å². The highest BCUT2D eigenvalue weighted by molar-refractivity contribution is 6.01.